The van der Waals surface area contributed by atoms with Crippen molar-refractivity contribution in [1.29, 1.82) is 0 Å². The summed E-state index contributed by atoms with van der Waals surface area (Å²) in [4.78, 5) is 11.8. The van der Waals surface area contributed by atoms with Crippen molar-refractivity contribution >= 4 is 11.6 Å². The summed E-state index contributed by atoms with van der Waals surface area (Å²) in [7, 11) is 2.04. The van der Waals surface area contributed by atoms with Gasteiger partial charge in [-0.05, 0) is 14.0 Å². The first-order chi connectivity index (χ1) is 11.3. The molecule has 24 heavy (non-hydrogen) atoms. The highest BCUT2D eigenvalue weighted by Crippen LogP contribution is 2.30. The standard InChI is InChI=1S/C14H17F3N6O/c1-8-5-11(22-6-9-10(7-22)24-4-3-21(9)2)23-13(18-8)19-12(20-23)14(15,16)17/h5,9-10H,3-4,6-7H2,1-2H3. The normalized spacial score (nSPS) is 25.5. The van der Waals surface area contributed by atoms with Gasteiger partial charge in [0.25, 0.3) is 11.6 Å². The number of aromatic nitrogens is 4. The summed E-state index contributed by atoms with van der Waals surface area (Å²) in [5.41, 5.74) is 0.600. The first-order valence-corrected chi connectivity index (χ1v) is 7.71. The van der Waals surface area contributed by atoms with Gasteiger partial charge in [-0.15, -0.1) is 5.10 Å². The Kier molecular flexibility index (Phi) is 3.43. The van der Waals surface area contributed by atoms with Gasteiger partial charge in [0.1, 0.15) is 5.82 Å². The van der Waals surface area contributed by atoms with Crippen LogP contribution in [0.4, 0.5) is 19.0 Å². The molecule has 4 rings (SSSR count). The van der Waals surface area contributed by atoms with Crippen LogP contribution in [0.15, 0.2) is 6.07 Å². The summed E-state index contributed by atoms with van der Waals surface area (Å²) in [6, 6.07) is 1.95. The number of nitrogens with zero attached hydrogens (tertiary/aromatic N) is 6. The molecule has 0 aromatic carbocycles. The van der Waals surface area contributed by atoms with Crippen LogP contribution in [-0.2, 0) is 10.9 Å². The summed E-state index contributed by atoms with van der Waals surface area (Å²) < 4.78 is 45.7. The van der Waals surface area contributed by atoms with Gasteiger partial charge in [-0.1, -0.05) is 0 Å². The molecule has 2 aliphatic heterocycles. The molecule has 0 radical (unpaired) electrons. The van der Waals surface area contributed by atoms with E-state index < -0.39 is 12.0 Å². The molecule has 2 atom stereocenters. The maximum Gasteiger partial charge on any atom is 0.453 e. The molecule has 0 N–H and O–H groups in total. The summed E-state index contributed by atoms with van der Waals surface area (Å²) in [5, 5.41) is 3.63. The molecule has 7 nitrogen and oxygen atoms in total. The lowest BCUT2D eigenvalue weighted by atomic mass is 10.1. The van der Waals surface area contributed by atoms with Crippen molar-refractivity contribution in [3.63, 3.8) is 0 Å². The molecular weight excluding hydrogens is 325 g/mol. The van der Waals surface area contributed by atoms with Gasteiger partial charge < -0.3 is 9.64 Å². The van der Waals surface area contributed by atoms with Crippen LogP contribution in [0.2, 0.25) is 0 Å². The number of hydrogen-bond donors (Lipinski definition) is 0. The summed E-state index contributed by atoms with van der Waals surface area (Å²) in [5.74, 6) is -0.653. The van der Waals surface area contributed by atoms with E-state index in [9.17, 15) is 13.2 Å². The van der Waals surface area contributed by atoms with E-state index in [0.29, 0.717) is 31.2 Å². The predicted molar refractivity (Wildman–Crippen MR) is 78.9 cm³/mol. The van der Waals surface area contributed by atoms with Crippen molar-refractivity contribution in [2.75, 3.05) is 38.2 Å². The molecule has 2 aromatic heterocycles. The van der Waals surface area contributed by atoms with Gasteiger partial charge >= 0.3 is 6.18 Å². The molecule has 0 bridgehead atoms. The Bertz CT molecular complexity index is 776. The highest BCUT2D eigenvalue weighted by molar-refractivity contribution is 5.49. The predicted octanol–water partition coefficient (Wildman–Crippen LogP) is 0.971. The minimum Gasteiger partial charge on any atom is -0.373 e. The van der Waals surface area contributed by atoms with Crippen LogP contribution in [0.25, 0.3) is 5.78 Å². The van der Waals surface area contributed by atoms with E-state index in [4.69, 9.17) is 4.74 Å². The van der Waals surface area contributed by atoms with E-state index in [2.05, 4.69) is 20.0 Å². The quantitative estimate of drug-likeness (QED) is 0.770. The highest BCUT2D eigenvalue weighted by Gasteiger charge is 2.41. The second-order valence-electron chi connectivity index (χ2n) is 6.26. The molecule has 2 fully saturated rings. The summed E-state index contributed by atoms with van der Waals surface area (Å²) in [6.45, 7) is 4.52. The number of rotatable bonds is 1. The van der Waals surface area contributed by atoms with Gasteiger partial charge in [0.2, 0.25) is 0 Å². The molecule has 2 aromatic rings. The average molecular weight is 342 g/mol. The Hall–Kier alpha value is -1.94. The lowest BCUT2D eigenvalue weighted by Crippen LogP contribution is -2.48. The van der Waals surface area contributed by atoms with Gasteiger partial charge in [-0.3, -0.25) is 4.90 Å². The van der Waals surface area contributed by atoms with E-state index in [-0.39, 0.29) is 17.9 Å². The van der Waals surface area contributed by atoms with E-state index >= 15 is 0 Å². The number of alkyl halides is 3. The first kappa shape index (κ1) is 15.6. The topological polar surface area (TPSA) is 58.8 Å². The molecule has 2 aliphatic rings. The van der Waals surface area contributed by atoms with Crippen molar-refractivity contribution in [3.8, 4) is 0 Å². The van der Waals surface area contributed by atoms with Gasteiger partial charge in [-0.25, -0.2) is 4.98 Å². The second-order valence-corrected chi connectivity index (χ2v) is 6.26. The molecule has 0 spiro atoms. The number of morpholine rings is 1. The van der Waals surface area contributed by atoms with Gasteiger partial charge in [0, 0.05) is 31.4 Å². The van der Waals surface area contributed by atoms with Crippen molar-refractivity contribution in [2.45, 2.75) is 25.2 Å². The lowest BCUT2D eigenvalue weighted by Gasteiger charge is -2.33. The largest absolute Gasteiger partial charge is 0.453 e. The number of hydrogen-bond acceptors (Lipinski definition) is 6. The van der Waals surface area contributed by atoms with Crippen molar-refractivity contribution < 1.29 is 17.9 Å². The van der Waals surface area contributed by atoms with E-state index in [1.54, 1.807) is 13.0 Å². The van der Waals surface area contributed by atoms with E-state index in [1.807, 2.05) is 11.9 Å². The van der Waals surface area contributed by atoms with Crippen LogP contribution in [0.5, 0.6) is 0 Å². The second kappa shape index (κ2) is 5.28. The molecule has 130 valence electrons. The molecule has 2 unspecified atom stereocenters. The van der Waals surface area contributed by atoms with Gasteiger partial charge in [-0.2, -0.15) is 22.7 Å². The van der Waals surface area contributed by atoms with E-state index in [1.165, 1.54) is 4.52 Å². The third kappa shape index (κ3) is 2.49. The fraction of sp³-hybridized carbons (Fsp3) is 0.643. The van der Waals surface area contributed by atoms with E-state index in [0.717, 1.165) is 6.54 Å². The minimum atomic E-state index is -4.60. The summed E-state index contributed by atoms with van der Waals surface area (Å²) >= 11 is 0. The summed E-state index contributed by atoms with van der Waals surface area (Å²) in [6.07, 6.45) is -4.56. The Morgan fingerprint density at radius 3 is 2.75 bits per heavy atom. The number of anilines is 1. The molecule has 2 saturated heterocycles. The Labute approximate surface area is 136 Å². The van der Waals surface area contributed by atoms with Crippen molar-refractivity contribution in [2.24, 2.45) is 0 Å². The first-order valence-electron chi connectivity index (χ1n) is 7.71. The SMILES string of the molecule is Cc1cc(N2CC3OCCN(C)C3C2)n2nc(C(F)(F)F)nc2n1. The van der Waals surface area contributed by atoms with Crippen LogP contribution < -0.4 is 4.90 Å². The van der Waals surface area contributed by atoms with Gasteiger partial charge in [0.15, 0.2) is 0 Å². The van der Waals surface area contributed by atoms with Crippen LogP contribution in [-0.4, -0.2) is 69.9 Å². The minimum absolute atomic E-state index is 0.0397. The molecular formula is C14H17F3N6O. The maximum atomic E-state index is 12.9. The number of halogens is 3. The Morgan fingerprint density at radius 1 is 1.25 bits per heavy atom. The number of ether oxygens (including phenoxy) is 1. The molecule has 10 heteroatoms. The monoisotopic (exact) mass is 342 g/mol. The zero-order valence-electron chi connectivity index (χ0n) is 13.3. The van der Waals surface area contributed by atoms with Crippen LogP contribution in [0.3, 0.4) is 0 Å². The molecule has 4 heterocycles. The fourth-order valence-electron chi connectivity index (χ4n) is 3.36. The third-order valence-electron chi connectivity index (χ3n) is 4.58. The lowest BCUT2D eigenvalue weighted by molar-refractivity contribution is -0.144. The average Bonchev–Trinajstić information content (AvgIpc) is 3.10. The third-order valence-corrected chi connectivity index (χ3v) is 4.58. The van der Waals surface area contributed by atoms with Gasteiger partial charge in [0.05, 0.1) is 18.8 Å². The van der Waals surface area contributed by atoms with Crippen LogP contribution >= 0.6 is 0 Å². The molecule has 0 saturated carbocycles. The maximum absolute atomic E-state index is 12.9. The van der Waals surface area contributed by atoms with Crippen molar-refractivity contribution in [1.82, 2.24) is 24.5 Å². The van der Waals surface area contributed by atoms with Crippen LogP contribution in [0, 0.1) is 6.92 Å². The smallest absolute Gasteiger partial charge is 0.373 e. The zero-order valence-corrected chi connectivity index (χ0v) is 13.3. The Morgan fingerprint density at radius 2 is 2.04 bits per heavy atom. The fourth-order valence-corrected chi connectivity index (χ4v) is 3.36. The Balaban J connectivity index is 1.75. The number of likely N-dealkylation sites (N-methyl/N-ethyl adjacent to an activating group) is 1. The van der Waals surface area contributed by atoms with Crippen molar-refractivity contribution in [3.05, 3.63) is 17.6 Å². The highest BCUT2D eigenvalue weighted by atomic mass is 19.4. The number of fused-ring (bicyclic) bond motifs is 2. The molecule has 0 amide bonds. The molecule has 0 aliphatic carbocycles. The zero-order chi connectivity index (χ0) is 17.1. The van der Waals surface area contributed by atoms with Crippen LogP contribution in [0.1, 0.15) is 11.5 Å². The number of aryl methyl sites for hydroxylation is 1.